The van der Waals surface area contributed by atoms with Crippen LogP contribution >= 0.6 is 0 Å². The van der Waals surface area contributed by atoms with Crippen LogP contribution in [0.25, 0.3) is 0 Å². The first-order valence-corrected chi connectivity index (χ1v) is 9.04. The van der Waals surface area contributed by atoms with Gasteiger partial charge in [-0.2, -0.15) is 0 Å². The third-order valence-corrected chi connectivity index (χ3v) is 7.43. The maximum atomic E-state index is 3.96. The average molecular weight is 277 g/mol. The highest BCUT2D eigenvalue weighted by Crippen LogP contribution is 2.61. The average Bonchev–Trinajstić information content (AvgIpc) is 2.34. The van der Waals surface area contributed by atoms with Gasteiger partial charge in [0.25, 0.3) is 0 Å². The van der Waals surface area contributed by atoms with Gasteiger partial charge in [-0.25, -0.2) is 0 Å². The number of hydrogen-bond donors (Lipinski definition) is 1. The molecule has 4 bridgehead atoms. The van der Waals surface area contributed by atoms with Crippen molar-refractivity contribution in [2.75, 3.05) is 6.54 Å². The molecule has 0 spiro atoms. The Kier molecular flexibility index (Phi) is 3.72. The second kappa shape index (κ2) is 5.00. The van der Waals surface area contributed by atoms with E-state index < -0.39 is 0 Å². The molecule has 4 saturated carbocycles. The van der Waals surface area contributed by atoms with E-state index in [0.29, 0.717) is 16.9 Å². The summed E-state index contributed by atoms with van der Waals surface area (Å²) in [5.41, 5.74) is 1.07. The van der Waals surface area contributed by atoms with E-state index in [1.165, 1.54) is 25.8 Å². The summed E-state index contributed by atoms with van der Waals surface area (Å²) in [6.07, 6.45) is 9.25. The van der Waals surface area contributed by atoms with Gasteiger partial charge in [0, 0.05) is 12.6 Å². The van der Waals surface area contributed by atoms with E-state index in [4.69, 9.17) is 0 Å². The largest absolute Gasteiger partial charge is 0.313 e. The highest BCUT2D eigenvalue weighted by molar-refractivity contribution is 5.05. The Balaban J connectivity index is 1.64. The lowest BCUT2D eigenvalue weighted by molar-refractivity contribution is -0.0718. The molecule has 20 heavy (non-hydrogen) atoms. The maximum Gasteiger partial charge on any atom is 0.00957 e. The van der Waals surface area contributed by atoms with Gasteiger partial charge in [0.2, 0.25) is 0 Å². The first kappa shape index (κ1) is 14.9. The van der Waals surface area contributed by atoms with Crippen molar-refractivity contribution in [2.45, 2.75) is 79.2 Å². The molecule has 0 aromatic carbocycles. The minimum absolute atomic E-state index is 0.413. The lowest BCUT2D eigenvalue weighted by atomic mass is 9.48. The van der Waals surface area contributed by atoms with Crippen LogP contribution in [-0.2, 0) is 0 Å². The molecule has 0 radical (unpaired) electrons. The molecule has 1 nitrogen and oxygen atoms in total. The monoisotopic (exact) mass is 277 g/mol. The van der Waals surface area contributed by atoms with Crippen LogP contribution in [0.15, 0.2) is 0 Å². The predicted molar refractivity (Wildman–Crippen MR) is 86.7 cm³/mol. The Morgan fingerprint density at radius 3 is 1.80 bits per heavy atom. The van der Waals surface area contributed by atoms with Gasteiger partial charge in [-0.05, 0) is 80.0 Å². The normalized spacial score (nSPS) is 41.4. The maximum absolute atomic E-state index is 3.96. The summed E-state index contributed by atoms with van der Waals surface area (Å²) >= 11 is 0. The molecule has 1 heteroatoms. The second-order valence-corrected chi connectivity index (χ2v) is 9.53. The SMILES string of the molecule is CC(C)C(C)(C)CNC(C)C12CC3CC(CC(C3)C1)C2. The fraction of sp³-hybridized carbons (Fsp3) is 1.00. The molecule has 4 aliphatic carbocycles. The highest BCUT2D eigenvalue weighted by Gasteiger charge is 2.53. The van der Waals surface area contributed by atoms with Crippen LogP contribution in [0.4, 0.5) is 0 Å². The van der Waals surface area contributed by atoms with Crippen molar-refractivity contribution in [3.05, 3.63) is 0 Å². The molecule has 116 valence electrons. The Morgan fingerprint density at radius 1 is 0.950 bits per heavy atom. The van der Waals surface area contributed by atoms with Crippen LogP contribution in [0.3, 0.4) is 0 Å². The van der Waals surface area contributed by atoms with Crippen LogP contribution in [0.5, 0.6) is 0 Å². The molecule has 4 rings (SSSR count). The summed E-state index contributed by atoms with van der Waals surface area (Å²) in [5, 5.41) is 3.96. The third kappa shape index (κ3) is 2.56. The molecule has 1 unspecified atom stereocenters. The number of rotatable bonds is 5. The number of hydrogen-bond acceptors (Lipinski definition) is 1. The van der Waals surface area contributed by atoms with E-state index in [2.05, 4.69) is 39.9 Å². The molecule has 0 aliphatic heterocycles. The predicted octanol–water partition coefficient (Wildman–Crippen LogP) is 4.86. The Morgan fingerprint density at radius 2 is 1.40 bits per heavy atom. The molecule has 0 aromatic heterocycles. The summed E-state index contributed by atoms with van der Waals surface area (Å²) in [4.78, 5) is 0. The van der Waals surface area contributed by atoms with E-state index in [9.17, 15) is 0 Å². The van der Waals surface area contributed by atoms with Crippen LogP contribution in [0.1, 0.15) is 73.1 Å². The molecule has 0 amide bonds. The zero-order chi connectivity index (χ0) is 14.5. The van der Waals surface area contributed by atoms with Gasteiger partial charge in [-0.3, -0.25) is 0 Å². The lowest BCUT2D eigenvalue weighted by Crippen LogP contribution is -2.56. The topological polar surface area (TPSA) is 12.0 Å². The summed E-state index contributed by atoms with van der Waals surface area (Å²) in [7, 11) is 0. The molecule has 4 aliphatic rings. The van der Waals surface area contributed by atoms with Crippen LogP contribution < -0.4 is 5.32 Å². The van der Waals surface area contributed by atoms with Crippen molar-refractivity contribution in [1.29, 1.82) is 0 Å². The summed E-state index contributed by atoms with van der Waals surface area (Å²) < 4.78 is 0. The Hall–Kier alpha value is -0.0400. The minimum Gasteiger partial charge on any atom is -0.313 e. The molecular weight excluding hydrogens is 242 g/mol. The van der Waals surface area contributed by atoms with Gasteiger partial charge in [0.15, 0.2) is 0 Å². The van der Waals surface area contributed by atoms with Crippen molar-refractivity contribution in [1.82, 2.24) is 5.32 Å². The molecule has 1 atom stereocenters. The van der Waals surface area contributed by atoms with E-state index >= 15 is 0 Å². The van der Waals surface area contributed by atoms with Crippen LogP contribution in [0, 0.1) is 34.5 Å². The summed E-state index contributed by atoms with van der Waals surface area (Å²) in [6.45, 7) is 13.2. The molecule has 4 fully saturated rings. The molecule has 0 saturated heterocycles. The van der Waals surface area contributed by atoms with E-state index in [1.54, 1.807) is 19.3 Å². The standard InChI is InChI=1S/C19H35N/c1-13(2)18(4,5)12-20-14(3)19-9-15-6-16(10-19)8-17(7-15)11-19/h13-17,20H,6-12H2,1-5H3. The fourth-order valence-corrected chi connectivity index (χ4v) is 5.54. The van der Waals surface area contributed by atoms with Crippen molar-refractivity contribution in [3.63, 3.8) is 0 Å². The van der Waals surface area contributed by atoms with Crippen LogP contribution in [0.2, 0.25) is 0 Å². The van der Waals surface area contributed by atoms with Crippen molar-refractivity contribution in [2.24, 2.45) is 34.5 Å². The first-order valence-electron chi connectivity index (χ1n) is 9.04. The summed E-state index contributed by atoms with van der Waals surface area (Å²) in [5.74, 6) is 3.97. The zero-order valence-electron chi connectivity index (χ0n) is 14.3. The number of nitrogens with one attached hydrogen (secondary N) is 1. The Bertz CT molecular complexity index is 319. The highest BCUT2D eigenvalue weighted by atomic mass is 14.9. The van der Waals surface area contributed by atoms with E-state index in [0.717, 1.165) is 23.7 Å². The Labute approximate surface area is 126 Å². The molecule has 0 aromatic rings. The quantitative estimate of drug-likeness (QED) is 0.756. The van der Waals surface area contributed by atoms with E-state index in [1.807, 2.05) is 0 Å². The lowest BCUT2D eigenvalue weighted by Gasteiger charge is -2.59. The van der Waals surface area contributed by atoms with Crippen molar-refractivity contribution < 1.29 is 0 Å². The smallest absolute Gasteiger partial charge is 0.00957 e. The zero-order valence-corrected chi connectivity index (χ0v) is 14.3. The summed E-state index contributed by atoms with van der Waals surface area (Å²) in [6, 6.07) is 0.717. The van der Waals surface area contributed by atoms with Crippen LogP contribution in [-0.4, -0.2) is 12.6 Å². The van der Waals surface area contributed by atoms with Crippen molar-refractivity contribution in [3.8, 4) is 0 Å². The molecular formula is C19H35N. The van der Waals surface area contributed by atoms with Crippen molar-refractivity contribution >= 4 is 0 Å². The van der Waals surface area contributed by atoms with Gasteiger partial charge in [-0.15, -0.1) is 0 Å². The van der Waals surface area contributed by atoms with Gasteiger partial charge in [0.1, 0.15) is 0 Å². The van der Waals surface area contributed by atoms with E-state index in [-0.39, 0.29) is 0 Å². The third-order valence-electron chi connectivity index (χ3n) is 7.43. The molecule has 0 heterocycles. The molecule has 1 N–H and O–H groups in total. The van der Waals surface area contributed by atoms with Gasteiger partial charge in [0.05, 0.1) is 0 Å². The van der Waals surface area contributed by atoms with Gasteiger partial charge >= 0.3 is 0 Å². The first-order chi connectivity index (χ1) is 9.31. The van der Waals surface area contributed by atoms with Gasteiger partial charge < -0.3 is 5.32 Å². The fourth-order valence-electron chi connectivity index (χ4n) is 5.54. The van der Waals surface area contributed by atoms with Gasteiger partial charge in [-0.1, -0.05) is 27.7 Å². The second-order valence-electron chi connectivity index (χ2n) is 9.53. The minimum atomic E-state index is 0.413.